The fourth-order valence-corrected chi connectivity index (χ4v) is 8.69. The summed E-state index contributed by atoms with van der Waals surface area (Å²) in [5.41, 5.74) is 23.7. The maximum atomic E-state index is 14.4. The molecule has 0 spiro atoms. The molecule has 9 atom stereocenters. The predicted molar refractivity (Wildman–Crippen MR) is 307 cm³/mol. The zero-order valence-corrected chi connectivity index (χ0v) is 49.2. The van der Waals surface area contributed by atoms with Gasteiger partial charge in [0.2, 0.25) is 53.2 Å². The number of aromatic amines is 1. The summed E-state index contributed by atoms with van der Waals surface area (Å²) in [6.45, 7) is 15.1. The van der Waals surface area contributed by atoms with E-state index >= 15 is 0 Å². The SMILES string of the molecule is CC(C)C[C@H](NC(=O)CNC(=O)[C@H](CC(C)C)NC(=O)[C@H](CS)NC(=O)[C@H](Cc1cnc[nH]1)NC(=O)[C@H](CC(C)C)NC(=O)[C@H](CC(C)C)NC(=O)[C@H](CCCCN)NC(=O)[C@H](CCCCN)NC(=O)[C@@H](N)CCCCN)C(=O)O. The molecule has 0 saturated heterocycles. The second-order valence-electron chi connectivity index (χ2n) is 22.0. The minimum absolute atomic E-state index is 0.0367. The van der Waals surface area contributed by atoms with E-state index in [9.17, 15) is 53.1 Å². The van der Waals surface area contributed by atoms with Gasteiger partial charge in [0.15, 0.2) is 0 Å². The van der Waals surface area contributed by atoms with Crippen LogP contribution in [0.4, 0.5) is 0 Å². The van der Waals surface area contributed by atoms with Gasteiger partial charge in [0.05, 0.1) is 18.9 Å². The van der Waals surface area contributed by atoms with Crippen LogP contribution in [0.5, 0.6) is 0 Å². The molecule has 0 saturated carbocycles. The number of rotatable bonds is 42. The first-order valence-electron chi connectivity index (χ1n) is 28.1. The lowest BCUT2D eigenvalue weighted by atomic mass is 9.99. The highest BCUT2D eigenvalue weighted by molar-refractivity contribution is 7.80. The number of unbranched alkanes of at least 4 members (excludes halogenated alkanes) is 3. The Hall–Kier alpha value is -5.90. The molecule has 19 N–H and O–H groups in total. The molecule has 27 heteroatoms. The second kappa shape index (κ2) is 39.5. The zero-order valence-electron chi connectivity index (χ0n) is 48.3. The Kier molecular flexibility index (Phi) is 35.6. The highest BCUT2D eigenvalue weighted by atomic mass is 32.1. The smallest absolute Gasteiger partial charge is 0.326 e. The number of carbonyl (C=O) groups excluding carboxylic acids is 9. The third-order valence-corrected chi connectivity index (χ3v) is 13.0. The molecule has 0 fully saturated rings. The van der Waals surface area contributed by atoms with Crippen molar-refractivity contribution in [1.82, 2.24) is 57.8 Å². The Bertz CT molecular complexity index is 2080. The summed E-state index contributed by atoms with van der Waals surface area (Å²) in [5.74, 6) is -8.41. The normalized spacial score (nSPS) is 14.8. The number of nitrogens with two attached hydrogens (primary N) is 4. The van der Waals surface area contributed by atoms with Gasteiger partial charge in [-0.25, -0.2) is 9.78 Å². The van der Waals surface area contributed by atoms with Crippen LogP contribution in [-0.4, -0.2) is 161 Å². The number of carboxylic acid groups (broad SMARTS) is 1. The first kappa shape index (κ1) is 72.1. The molecule has 0 aliphatic carbocycles. The van der Waals surface area contributed by atoms with E-state index in [-0.39, 0.29) is 74.4 Å². The quantitative estimate of drug-likeness (QED) is 0.0272. The van der Waals surface area contributed by atoms with Crippen molar-refractivity contribution in [2.45, 2.75) is 200 Å². The van der Waals surface area contributed by atoms with E-state index < -0.39 is 120 Å². The van der Waals surface area contributed by atoms with Gasteiger partial charge in [0.1, 0.15) is 48.3 Å². The Morgan fingerprint density at radius 2 is 0.850 bits per heavy atom. The molecule has 0 aliphatic rings. The van der Waals surface area contributed by atoms with E-state index in [1.165, 1.54) is 12.5 Å². The lowest BCUT2D eigenvalue weighted by Gasteiger charge is -2.29. The molecule has 0 bridgehead atoms. The van der Waals surface area contributed by atoms with Crippen molar-refractivity contribution in [1.29, 1.82) is 0 Å². The van der Waals surface area contributed by atoms with Crippen molar-refractivity contribution in [2.75, 3.05) is 31.9 Å². The number of nitrogens with one attached hydrogen (secondary N) is 10. The number of aliphatic carboxylic acids is 1. The molecule has 0 aliphatic heterocycles. The van der Waals surface area contributed by atoms with Gasteiger partial charge in [-0.1, -0.05) is 61.8 Å². The van der Waals surface area contributed by atoms with Crippen LogP contribution in [0.25, 0.3) is 0 Å². The molecule has 1 heterocycles. The Morgan fingerprint density at radius 3 is 1.26 bits per heavy atom. The van der Waals surface area contributed by atoms with Crippen LogP contribution in [0.15, 0.2) is 12.5 Å². The second-order valence-corrected chi connectivity index (χ2v) is 22.4. The van der Waals surface area contributed by atoms with E-state index in [2.05, 4.69) is 70.4 Å². The van der Waals surface area contributed by atoms with Crippen LogP contribution in [0, 0.1) is 23.7 Å². The number of hydrogen-bond acceptors (Lipinski definition) is 16. The number of carboxylic acids is 1. The van der Waals surface area contributed by atoms with Crippen LogP contribution < -0.4 is 70.8 Å². The average molecular weight is 1150 g/mol. The minimum atomic E-state index is -1.37. The zero-order chi connectivity index (χ0) is 60.5. The third kappa shape index (κ3) is 29.5. The van der Waals surface area contributed by atoms with Crippen molar-refractivity contribution >= 4 is 71.8 Å². The average Bonchev–Trinajstić information content (AvgIpc) is 3.90. The van der Waals surface area contributed by atoms with E-state index in [0.29, 0.717) is 70.3 Å². The van der Waals surface area contributed by atoms with Crippen molar-refractivity contribution in [3.63, 3.8) is 0 Å². The Labute approximate surface area is 477 Å². The summed E-state index contributed by atoms with van der Waals surface area (Å²) in [7, 11) is 0. The van der Waals surface area contributed by atoms with Gasteiger partial charge < -0.3 is 80.9 Å². The monoisotopic (exact) mass is 1150 g/mol. The largest absolute Gasteiger partial charge is 0.480 e. The van der Waals surface area contributed by atoms with Crippen LogP contribution in [0.1, 0.15) is 145 Å². The summed E-state index contributed by atoms with van der Waals surface area (Å²) in [4.78, 5) is 143. The molecule has 80 heavy (non-hydrogen) atoms. The fraction of sp³-hybridized carbons (Fsp3) is 0.755. The molecule has 26 nitrogen and oxygen atoms in total. The molecule has 0 aromatic carbocycles. The first-order valence-corrected chi connectivity index (χ1v) is 28.8. The number of thiol groups is 1. The van der Waals surface area contributed by atoms with Gasteiger partial charge in [-0.3, -0.25) is 43.2 Å². The van der Waals surface area contributed by atoms with Crippen LogP contribution in [0.3, 0.4) is 0 Å². The van der Waals surface area contributed by atoms with Crippen LogP contribution in [-0.2, 0) is 54.4 Å². The summed E-state index contributed by atoms with van der Waals surface area (Å²) in [5, 5.41) is 33.4. The molecular weight excluding hydrogens is 1050 g/mol. The highest BCUT2D eigenvalue weighted by Crippen LogP contribution is 2.14. The van der Waals surface area contributed by atoms with E-state index in [1.807, 2.05) is 27.7 Å². The van der Waals surface area contributed by atoms with Gasteiger partial charge in [0, 0.05) is 24.1 Å². The van der Waals surface area contributed by atoms with Crippen molar-refractivity contribution in [3.8, 4) is 0 Å². The minimum Gasteiger partial charge on any atom is -0.480 e. The number of nitrogens with zero attached hydrogens (tertiary/aromatic N) is 1. The molecule has 0 unspecified atom stereocenters. The van der Waals surface area contributed by atoms with Crippen molar-refractivity contribution in [3.05, 3.63) is 18.2 Å². The molecule has 456 valence electrons. The summed E-state index contributed by atoms with van der Waals surface area (Å²) < 4.78 is 0. The summed E-state index contributed by atoms with van der Waals surface area (Å²) in [6.07, 6.45) is 7.21. The predicted octanol–water partition coefficient (Wildman–Crippen LogP) is -1.14. The number of amides is 9. The van der Waals surface area contributed by atoms with E-state index in [1.54, 1.807) is 27.7 Å². The maximum absolute atomic E-state index is 14.4. The topological polar surface area (TPSA) is 432 Å². The molecule has 9 amide bonds. The maximum Gasteiger partial charge on any atom is 0.326 e. The standard InChI is InChI=1S/C53H97N15O11S/c1-30(2)21-38(46(71)59-27-44(69)61-42(53(78)79)24-33(7)8)64-52(77)43(28-80)68-51(76)41(25-34-26-58-29-60-34)67-50(75)40(23-32(5)6)66-49(74)39(22-31(3)4)65-48(73)37(17-11-14-20-56)63-47(72)36(16-10-13-19-55)62-45(70)35(57)15-9-12-18-54/h26,29-33,35-43,80H,9-25,27-28,54-57H2,1-8H3,(H,58,60)(H,59,71)(H,61,69)(H,62,70)(H,63,72)(H,64,77)(H,65,73)(H,66,74)(H,67,75)(H,68,76)(H,78,79)/t35-,36-,37-,38-,39-,40-,41-,42-,43-/m0/s1. The molecule has 1 aromatic heterocycles. The van der Waals surface area contributed by atoms with Crippen LogP contribution >= 0.6 is 12.6 Å². The number of imidazole rings is 1. The number of hydrogen-bond donors (Lipinski definition) is 16. The molecule has 1 rings (SSSR count). The van der Waals surface area contributed by atoms with E-state index in [0.717, 1.165) is 0 Å². The summed E-state index contributed by atoms with van der Waals surface area (Å²) in [6, 6.07) is -10.6. The molecular formula is C53H97N15O11S. The van der Waals surface area contributed by atoms with Gasteiger partial charge in [-0.05, 0) is 120 Å². The highest BCUT2D eigenvalue weighted by Gasteiger charge is 2.35. The van der Waals surface area contributed by atoms with Gasteiger partial charge >= 0.3 is 5.97 Å². The third-order valence-electron chi connectivity index (χ3n) is 12.7. The number of H-pyrrole nitrogens is 1. The van der Waals surface area contributed by atoms with Gasteiger partial charge in [0.25, 0.3) is 0 Å². The molecule has 1 aromatic rings. The number of carbonyl (C=O) groups is 10. The van der Waals surface area contributed by atoms with Crippen molar-refractivity contribution in [2.24, 2.45) is 46.6 Å². The fourth-order valence-electron chi connectivity index (χ4n) is 8.43. The number of aromatic nitrogens is 2. The lowest BCUT2D eigenvalue weighted by Crippen LogP contribution is -2.61. The van der Waals surface area contributed by atoms with E-state index in [4.69, 9.17) is 22.9 Å². The molecule has 0 radical (unpaired) electrons. The lowest BCUT2D eigenvalue weighted by molar-refractivity contribution is -0.142. The van der Waals surface area contributed by atoms with Gasteiger partial charge in [-0.15, -0.1) is 0 Å². The Morgan fingerprint density at radius 1 is 0.487 bits per heavy atom. The summed E-state index contributed by atoms with van der Waals surface area (Å²) >= 11 is 4.31. The van der Waals surface area contributed by atoms with Crippen molar-refractivity contribution < 1.29 is 53.1 Å². The first-order chi connectivity index (χ1) is 37.8. The van der Waals surface area contributed by atoms with Gasteiger partial charge in [-0.2, -0.15) is 12.6 Å². The van der Waals surface area contributed by atoms with Crippen LogP contribution in [0.2, 0.25) is 0 Å². The Balaban J connectivity index is 3.43.